The van der Waals surface area contributed by atoms with Crippen molar-refractivity contribution in [2.75, 3.05) is 24.1 Å². The quantitative estimate of drug-likeness (QED) is 0.350. The molecule has 1 N–H and O–H groups in total. The van der Waals surface area contributed by atoms with Gasteiger partial charge < -0.3 is 19.7 Å². The van der Waals surface area contributed by atoms with Gasteiger partial charge in [-0.2, -0.15) is 0 Å². The molecule has 0 spiro atoms. The third-order valence-electron chi connectivity index (χ3n) is 6.40. The van der Waals surface area contributed by atoms with E-state index in [0.717, 1.165) is 26.5 Å². The highest BCUT2D eigenvalue weighted by atomic mass is 79.9. The fourth-order valence-electron chi connectivity index (χ4n) is 4.34. The summed E-state index contributed by atoms with van der Waals surface area (Å²) in [6.45, 7) is 7.06. The summed E-state index contributed by atoms with van der Waals surface area (Å²) in [5.74, 6) is -0.920. The van der Waals surface area contributed by atoms with Crippen LogP contribution in [0.3, 0.4) is 0 Å². The SMILES string of the molecule is CC(C(=O)NC(C)(C)C)N(Cc1cccc(Br)c1)C(=O)CN(c1ccc(F)cc1)S(=O)(=O)c1ccc2c(c1)OCCO2. The number of hydrogen-bond donors (Lipinski definition) is 1. The number of nitrogens with one attached hydrogen (secondary N) is 1. The monoisotopic (exact) mass is 661 g/mol. The minimum absolute atomic E-state index is 0.0400. The number of benzene rings is 3. The summed E-state index contributed by atoms with van der Waals surface area (Å²) >= 11 is 3.43. The predicted octanol–water partition coefficient (Wildman–Crippen LogP) is 4.89. The fourth-order valence-corrected chi connectivity index (χ4v) is 6.21. The van der Waals surface area contributed by atoms with Crippen LogP contribution < -0.4 is 19.1 Å². The lowest BCUT2D eigenvalue weighted by atomic mass is 10.1. The number of sulfonamides is 1. The molecule has 1 heterocycles. The van der Waals surface area contributed by atoms with Gasteiger partial charge in [-0.15, -0.1) is 0 Å². The molecule has 3 aromatic rings. The summed E-state index contributed by atoms with van der Waals surface area (Å²) < 4.78 is 54.7. The average molecular weight is 663 g/mol. The van der Waals surface area contributed by atoms with Crippen LogP contribution in [-0.2, 0) is 26.2 Å². The molecule has 42 heavy (non-hydrogen) atoms. The molecule has 0 saturated carbocycles. The second-order valence-electron chi connectivity index (χ2n) is 10.9. The molecule has 2 amide bonds. The molecule has 0 saturated heterocycles. The summed E-state index contributed by atoms with van der Waals surface area (Å²) in [6.07, 6.45) is 0. The lowest BCUT2D eigenvalue weighted by Crippen LogP contribution is -2.54. The molecule has 0 radical (unpaired) electrons. The number of fused-ring (bicyclic) bond motifs is 1. The maximum Gasteiger partial charge on any atom is 0.264 e. The largest absolute Gasteiger partial charge is 0.486 e. The van der Waals surface area contributed by atoms with Crippen molar-refractivity contribution in [3.05, 3.63) is 82.6 Å². The van der Waals surface area contributed by atoms with Crippen LogP contribution in [0.1, 0.15) is 33.3 Å². The van der Waals surface area contributed by atoms with Crippen molar-refractivity contribution in [3.8, 4) is 11.5 Å². The van der Waals surface area contributed by atoms with Gasteiger partial charge in [0.05, 0.1) is 10.6 Å². The summed E-state index contributed by atoms with van der Waals surface area (Å²) in [7, 11) is -4.36. The van der Waals surface area contributed by atoms with E-state index in [1.807, 2.05) is 39.0 Å². The second-order valence-corrected chi connectivity index (χ2v) is 13.6. The Hall–Kier alpha value is -3.64. The molecule has 9 nitrogen and oxygen atoms in total. The van der Waals surface area contributed by atoms with E-state index in [-0.39, 0.29) is 29.5 Å². The zero-order chi connectivity index (χ0) is 30.7. The Kier molecular flexibility index (Phi) is 9.47. The lowest BCUT2D eigenvalue weighted by molar-refractivity contribution is -0.140. The van der Waals surface area contributed by atoms with E-state index >= 15 is 0 Å². The van der Waals surface area contributed by atoms with Crippen molar-refractivity contribution < 1.29 is 31.9 Å². The van der Waals surface area contributed by atoms with Gasteiger partial charge in [0.2, 0.25) is 11.8 Å². The number of anilines is 1. The number of carbonyl (C=O) groups excluding carboxylic acids is 2. The van der Waals surface area contributed by atoms with Crippen LogP contribution in [0.25, 0.3) is 0 Å². The summed E-state index contributed by atoms with van der Waals surface area (Å²) in [4.78, 5) is 28.4. The minimum Gasteiger partial charge on any atom is -0.486 e. The van der Waals surface area contributed by atoms with Gasteiger partial charge >= 0.3 is 0 Å². The molecule has 4 rings (SSSR count). The van der Waals surface area contributed by atoms with E-state index in [4.69, 9.17) is 9.47 Å². The van der Waals surface area contributed by atoms with Crippen LogP contribution in [0.2, 0.25) is 0 Å². The van der Waals surface area contributed by atoms with Gasteiger partial charge in [0, 0.05) is 22.6 Å². The van der Waals surface area contributed by atoms with Crippen LogP contribution in [0.15, 0.2) is 76.1 Å². The van der Waals surface area contributed by atoms with Crippen molar-refractivity contribution in [3.63, 3.8) is 0 Å². The van der Waals surface area contributed by atoms with E-state index in [9.17, 15) is 22.4 Å². The van der Waals surface area contributed by atoms with Gasteiger partial charge in [-0.3, -0.25) is 13.9 Å². The van der Waals surface area contributed by atoms with Crippen molar-refractivity contribution in [2.45, 2.75) is 50.7 Å². The number of amides is 2. The van der Waals surface area contributed by atoms with E-state index < -0.39 is 45.8 Å². The molecule has 0 bridgehead atoms. The summed E-state index contributed by atoms with van der Waals surface area (Å²) in [5.41, 5.74) is 0.252. The first-order chi connectivity index (χ1) is 19.7. The Morgan fingerprint density at radius 1 is 1.00 bits per heavy atom. The second kappa shape index (κ2) is 12.7. The Morgan fingerprint density at radius 2 is 1.67 bits per heavy atom. The molecule has 224 valence electrons. The first kappa shape index (κ1) is 31.3. The lowest BCUT2D eigenvalue weighted by Gasteiger charge is -2.33. The van der Waals surface area contributed by atoms with E-state index in [0.29, 0.717) is 12.4 Å². The molecule has 1 aliphatic rings. The standard InChI is InChI=1S/C30H33BrFN3O6S/c1-20(29(37)33-30(2,3)4)34(18-21-6-5-7-22(31)16-21)28(36)19-35(24-10-8-23(32)9-11-24)42(38,39)25-12-13-26-27(17-25)41-15-14-40-26/h5-13,16-17,20H,14-15,18-19H2,1-4H3,(H,33,37). The van der Waals surface area contributed by atoms with Gasteiger partial charge in [0.25, 0.3) is 10.0 Å². The highest BCUT2D eigenvalue weighted by Gasteiger charge is 2.34. The van der Waals surface area contributed by atoms with Gasteiger partial charge in [0.1, 0.15) is 31.6 Å². The van der Waals surface area contributed by atoms with Crippen LogP contribution in [-0.4, -0.2) is 56.5 Å². The molecule has 0 fully saturated rings. The molecule has 0 aliphatic carbocycles. The molecule has 0 aromatic heterocycles. The van der Waals surface area contributed by atoms with E-state index in [1.54, 1.807) is 13.0 Å². The fraction of sp³-hybridized carbons (Fsp3) is 0.333. The number of carbonyl (C=O) groups is 2. The first-order valence-corrected chi connectivity index (χ1v) is 15.5. The number of ether oxygens (including phenoxy) is 2. The molecule has 1 aliphatic heterocycles. The average Bonchev–Trinajstić information content (AvgIpc) is 2.93. The highest BCUT2D eigenvalue weighted by molar-refractivity contribution is 9.10. The van der Waals surface area contributed by atoms with Crippen molar-refractivity contribution in [1.82, 2.24) is 10.2 Å². The molecular formula is C30H33BrFN3O6S. The number of halogens is 2. The summed E-state index contributed by atoms with van der Waals surface area (Å²) in [5, 5.41) is 2.89. The summed E-state index contributed by atoms with van der Waals surface area (Å²) in [6, 6.07) is 15.3. The van der Waals surface area contributed by atoms with Crippen LogP contribution in [0, 0.1) is 5.82 Å². The Balaban J connectivity index is 1.73. The third kappa shape index (κ3) is 7.60. The van der Waals surface area contributed by atoms with Crippen molar-refractivity contribution in [1.29, 1.82) is 0 Å². The van der Waals surface area contributed by atoms with E-state index in [1.165, 1.54) is 35.2 Å². The van der Waals surface area contributed by atoms with Gasteiger partial charge in [-0.05, 0) is 81.8 Å². The molecule has 1 unspecified atom stereocenters. The Morgan fingerprint density at radius 3 is 2.31 bits per heavy atom. The third-order valence-corrected chi connectivity index (χ3v) is 8.67. The van der Waals surface area contributed by atoms with Gasteiger partial charge in [-0.1, -0.05) is 28.1 Å². The predicted molar refractivity (Wildman–Crippen MR) is 160 cm³/mol. The highest BCUT2D eigenvalue weighted by Crippen LogP contribution is 2.34. The zero-order valence-electron chi connectivity index (χ0n) is 23.8. The normalized spacial score (nSPS) is 13.7. The molecule has 12 heteroatoms. The van der Waals surface area contributed by atoms with Gasteiger partial charge in [-0.25, -0.2) is 12.8 Å². The molecule has 3 aromatic carbocycles. The number of rotatable bonds is 9. The maximum atomic E-state index is 14.0. The van der Waals surface area contributed by atoms with Crippen LogP contribution in [0.4, 0.5) is 10.1 Å². The zero-order valence-corrected chi connectivity index (χ0v) is 26.2. The van der Waals surface area contributed by atoms with Crippen LogP contribution in [0.5, 0.6) is 11.5 Å². The van der Waals surface area contributed by atoms with Crippen LogP contribution >= 0.6 is 15.9 Å². The smallest absolute Gasteiger partial charge is 0.264 e. The molecule has 1 atom stereocenters. The van der Waals surface area contributed by atoms with Gasteiger partial charge in [0.15, 0.2) is 11.5 Å². The first-order valence-electron chi connectivity index (χ1n) is 13.3. The van der Waals surface area contributed by atoms with Crippen molar-refractivity contribution in [2.24, 2.45) is 0 Å². The maximum absolute atomic E-state index is 14.0. The molecular weight excluding hydrogens is 629 g/mol. The minimum atomic E-state index is -4.36. The van der Waals surface area contributed by atoms with Crippen molar-refractivity contribution >= 4 is 43.5 Å². The Bertz CT molecular complexity index is 1560. The van der Waals surface area contributed by atoms with E-state index in [2.05, 4.69) is 21.2 Å². The topological polar surface area (TPSA) is 105 Å². The Labute approximate surface area is 253 Å². The number of hydrogen-bond acceptors (Lipinski definition) is 6. The number of nitrogens with zero attached hydrogens (tertiary/aromatic N) is 2.